The molecule has 0 atom stereocenters. The van der Waals surface area contributed by atoms with Gasteiger partial charge < -0.3 is 0 Å². The topological polar surface area (TPSA) is 27.7 Å². The Labute approximate surface area is 119 Å². The average molecular weight is 485 g/mol. The quantitative estimate of drug-likeness (QED) is 0.498. The number of hydrogen-bond acceptors (Lipinski definition) is 3. The molecule has 1 aliphatic rings. The molecule has 0 amide bonds. The van der Waals surface area contributed by atoms with Gasteiger partial charge in [-0.1, -0.05) is 0 Å². The molecule has 0 aliphatic heterocycles. The fraction of sp³-hybridized carbons (Fsp3) is 0.692. The van der Waals surface area contributed by atoms with E-state index in [-0.39, 0.29) is 24.8 Å². The summed E-state index contributed by atoms with van der Waals surface area (Å²) >= 11 is -6.22. The summed E-state index contributed by atoms with van der Waals surface area (Å²) in [6, 6.07) is 0. The Morgan fingerprint density at radius 3 is 1.42 bits per heavy atom. The number of allylic oxidation sites excluding steroid dienone is 4. The Morgan fingerprint density at radius 1 is 0.842 bits per heavy atom. The molecule has 0 saturated carbocycles. The Balaban J connectivity index is 0. The minimum Gasteiger partial charge on any atom is -0.147 e. The van der Waals surface area contributed by atoms with Gasteiger partial charge in [0.1, 0.15) is 0 Å². The smallest absolute Gasteiger partial charge is 0.147 e. The van der Waals surface area contributed by atoms with Crippen molar-refractivity contribution in [2.75, 3.05) is 21.3 Å². The normalized spacial score (nSPS) is 25.9. The first-order valence-electron chi connectivity index (χ1n) is 6.30. The molecule has 6 heteroatoms. The van der Waals surface area contributed by atoms with Gasteiger partial charge in [0.2, 0.25) is 0 Å². The second-order valence-electron chi connectivity index (χ2n) is 11.8. The third-order valence-electron chi connectivity index (χ3n) is 6.64. The maximum Gasteiger partial charge on any atom is -0.147 e. The summed E-state index contributed by atoms with van der Waals surface area (Å²) in [5, 5.41) is 0. The summed E-state index contributed by atoms with van der Waals surface area (Å²) in [7, 11) is 5.05. The van der Waals surface area contributed by atoms with Gasteiger partial charge in [0.15, 0.2) is 0 Å². The van der Waals surface area contributed by atoms with Gasteiger partial charge in [0, 0.05) is 0 Å². The molecule has 0 saturated heterocycles. The summed E-state index contributed by atoms with van der Waals surface area (Å²) in [6.45, 7) is 0. The molecule has 0 bridgehead atoms. The summed E-state index contributed by atoms with van der Waals surface area (Å²) in [5.74, 6) is 0. The molecular weight excluding hydrogens is 454 g/mol. The van der Waals surface area contributed by atoms with Gasteiger partial charge in [0.25, 0.3) is 0 Å². The first kappa shape index (κ1) is 22.1. The summed E-state index contributed by atoms with van der Waals surface area (Å²) in [4.78, 5) is 0. The molecular formula is C13H31Cl2HfO3. The Hall–Kier alpha value is 0.810. The number of hydrogen-bond donors (Lipinski definition) is 0. The molecule has 0 spiro atoms. The average Bonchev–Trinajstić information content (AvgIpc) is 2.75. The van der Waals surface area contributed by atoms with Crippen LogP contribution in [0.25, 0.3) is 0 Å². The molecule has 0 N–H and O–H groups in total. The summed E-state index contributed by atoms with van der Waals surface area (Å²) in [6.07, 6.45) is 6.97. The summed E-state index contributed by atoms with van der Waals surface area (Å²) < 4.78 is 30.0. The predicted molar refractivity (Wildman–Crippen MR) is 86.7 cm³/mol. The van der Waals surface area contributed by atoms with Crippen molar-refractivity contribution >= 4 is 24.8 Å². The van der Waals surface area contributed by atoms with Gasteiger partial charge in [-0.3, -0.25) is 0 Å². The van der Waals surface area contributed by atoms with Crippen LogP contribution in [0.3, 0.4) is 0 Å². The molecule has 0 unspecified atom stereocenters. The SMILES string of the molecule is C[O][Hf]([CH3])([CH3])([CH3])([CH3])([CH3])([O]C)([O]C)[C]1=CC=CC1.Cl.Cl. The van der Waals surface area contributed by atoms with Gasteiger partial charge >= 0.3 is 95.2 Å². The van der Waals surface area contributed by atoms with Crippen LogP contribution in [0.2, 0.25) is 23.4 Å². The number of halogens is 2. The fourth-order valence-corrected chi connectivity index (χ4v) is 15.9. The molecule has 119 valence electrons. The van der Waals surface area contributed by atoms with Crippen molar-refractivity contribution in [1.29, 1.82) is 0 Å². The van der Waals surface area contributed by atoms with E-state index in [4.69, 9.17) is 8.56 Å². The second kappa shape index (κ2) is 2.72. The van der Waals surface area contributed by atoms with Crippen molar-refractivity contribution in [1.82, 2.24) is 0 Å². The van der Waals surface area contributed by atoms with E-state index in [0.717, 1.165) is 9.75 Å². The van der Waals surface area contributed by atoms with Gasteiger partial charge in [-0.2, -0.15) is 0 Å². The van der Waals surface area contributed by atoms with E-state index in [1.807, 2.05) is 29.5 Å². The van der Waals surface area contributed by atoms with Crippen LogP contribution in [0.5, 0.6) is 0 Å². The molecule has 1 aliphatic carbocycles. The Kier molecular flexibility index (Phi) is 3.17. The molecule has 0 radical (unpaired) electrons. The zero-order valence-corrected chi connectivity index (χ0v) is 18.7. The molecule has 1 rings (SSSR count). The van der Waals surface area contributed by atoms with E-state index in [2.05, 4.69) is 12.2 Å². The molecule has 0 aromatic carbocycles. The van der Waals surface area contributed by atoms with Crippen molar-refractivity contribution < 1.29 is 22.5 Å². The van der Waals surface area contributed by atoms with Gasteiger partial charge in [-0.15, -0.1) is 24.8 Å². The van der Waals surface area contributed by atoms with Crippen LogP contribution >= 0.6 is 24.8 Å². The molecule has 0 aromatic rings. The molecule has 0 heterocycles. The minimum atomic E-state index is -6.22. The summed E-state index contributed by atoms with van der Waals surface area (Å²) in [5.41, 5.74) is 0. The standard InChI is InChI=1S/C5H5.3CH3O.5CH3.2ClH.Hf/c1-2-4-5-3-1;3*1-2;;;;;;;;/h1-3H,4H2;3*1H3;5*1H3;2*1H;/q;3*-1;;;;;;;;+3. The van der Waals surface area contributed by atoms with Crippen molar-refractivity contribution in [3.05, 3.63) is 21.6 Å². The fourth-order valence-electron chi connectivity index (χ4n) is 2.24. The number of rotatable bonds is 4. The van der Waals surface area contributed by atoms with E-state index in [9.17, 15) is 0 Å². The third kappa shape index (κ3) is 2.33. The third-order valence-corrected chi connectivity index (χ3v) is 50.1. The molecule has 0 fully saturated rings. The van der Waals surface area contributed by atoms with Crippen LogP contribution in [0.1, 0.15) is 6.42 Å². The minimum absolute atomic E-state index is 0. The first-order chi connectivity index (χ1) is 7.00. The van der Waals surface area contributed by atoms with Crippen LogP contribution in [-0.2, 0) is 22.5 Å². The van der Waals surface area contributed by atoms with Crippen molar-refractivity contribution in [2.24, 2.45) is 0 Å². The second-order valence-corrected chi connectivity index (χ2v) is 89.4. The van der Waals surface area contributed by atoms with Crippen LogP contribution in [0, 0.1) is 0 Å². The van der Waals surface area contributed by atoms with Crippen molar-refractivity contribution in [2.45, 2.75) is 29.8 Å². The maximum atomic E-state index is 6.27. The Bertz CT molecular complexity index is 505. The van der Waals surface area contributed by atoms with Crippen molar-refractivity contribution in [3.8, 4) is 0 Å². The first-order valence-corrected chi connectivity index (χ1v) is 30.5. The van der Waals surface area contributed by atoms with Crippen LogP contribution in [0.15, 0.2) is 21.6 Å². The largest absolute Gasteiger partial charge is 0.147 e. The van der Waals surface area contributed by atoms with E-state index in [1.54, 1.807) is 21.3 Å². The van der Waals surface area contributed by atoms with E-state index < -0.39 is 13.9 Å². The van der Waals surface area contributed by atoms with Crippen LogP contribution in [0.4, 0.5) is 0 Å². The predicted octanol–water partition coefficient (Wildman–Crippen LogP) is 5.43. The molecule has 0 aromatic heterocycles. The molecule has 3 nitrogen and oxygen atoms in total. The van der Waals surface area contributed by atoms with Gasteiger partial charge in [0.05, 0.1) is 0 Å². The maximum absolute atomic E-state index is 6.27. The monoisotopic (exact) mass is 485 g/mol. The zero-order valence-electron chi connectivity index (χ0n) is 13.5. The van der Waals surface area contributed by atoms with Gasteiger partial charge in [-0.25, -0.2) is 0 Å². The molecule has 19 heavy (non-hydrogen) atoms. The van der Waals surface area contributed by atoms with Crippen LogP contribution < -0.4 is 0 Å². The van der Waals surface area contributed by atoms with Crippen molar-refractivity contribution in [3.63, 3.8) is 0 Å². The van der Waals surface area contributed by atoms with E-state index in [0.29, 0.717) is 0 Å². The van der Waals surface area contributed by atoms with Crippen LogP contribution in [-0.4, -0.2) is 21.3 Å². The van der Waals surface area contributed by atoms with E-state index >= 15 is 0 Å². The zero-order chi connectivity index (χ0) is 13.9. The Morgan fingerprint density at radius 2 is 1.21 bits per heavy atom. The van der Waals surface area contributed by atoms with Gasteiger partial charge in [-0.05, 0) is 0 Å². The van der Waals surface area contributed by atoms with E-state index in [1.165, 1.54) is 0 Å².